The van der Waals surface area contributed by atoms with Crippen molar-refractivity contribution < 1.29 is 0 Å². The average molecular weight is 296 g/mol. The third kappa shape index (κ3) is 3.82. The van der Waals surface area contributed by atoms with Gasteiger partial charge in [-0.15, -0.1) is 0 Å². The van der Waals surface area contributed by atoms with Crippen LogP contribution in [-0.4, -0.2) is 26.5 Å². The number of rotatable bonds is 7. The summed E-state index contributed by atoms with van der Waals surface area (Å²) < 4.78 is 0. The van der Waals surface area contributed by atoms with E-state index >= 15 is 0 Å². The molecule has 0 fully saturated rings. The first-order chi connectivity index (χ1) is 9.52. The second-order valence-electron chi connectivity index (χ2n) is 5.92. The van der Waals surface area contributed by atoms with Crippen LogP contribution in [0.15, 0.2) is 6.33 Å². The molecule has 5 nitrogen and oxygen atoms in total. The van der Waals surface area contributed by atoms with E-state index in [1.807, 2.05) is 0 Å². The molecule has 0 bridgehead atoms. The van der Waals surface area contributed by atoms with Crippen molar-refractivity contribution >= 4 is 28.6 Å². The molecule has 0 saturated heterocycles. The Morgan fingerprint density at radius 1 is 1.30 bits per heavy atom. The van der Waals surface area contributed by atoms with E-state index in [9.17, 15) is 0 Å². The van der Waals surface area contributed by atoms with Crippen molar-refractivity contribution in [2.45, 2.75) is 46.5 Å². The van der Waals surface area contributed by atoms with Gasteiger partial charge in [0.05, 0.1) is 6.33 Å². The summed E-state index contributed by atoms with van der Waals surface area (Å²) in [6, 6.07) is 0. The van der Waals surface area contributed by atoms with Crippen LogP contribution < -0.4 is 5.32 Å². The van der Waals surface area contributed by atoms with Gasteiger partial charge in [0.1, 0.15) is 5.52 Å². The molecular weight excluding hydrogens is 274 g/mol. The van der Waals surface area contributed by atoms with Crippen LogP contribution in [0.2, 0.25) is 5.28 Å². The van der Waals surface area contributed by atoms with E-state index in [2.05, 4.69) is 46.0 Å². The fourth-order valence-corrected chi connectivity index (χ4v) is 2.36. The number of aromatic nitrogens is 4. The molecule has 6 heteroatoms. The lowest BCUT2D eigenvalue weighted by molar-refractivity contribution is 0.342. The fourth-order valence-electron chi connectivity index (χ4n) is 2.20. The number of hydrogen-bond acceptors (Lipinski definition) is 4. The predicted octanol–water partition coefficient (Wildman–Crippen LogP) is 4.02. The SMILES string of the molecule is CCCCCC(C)(C)CNc1nc(Cl)nc2nc[nH]c12. The lowest BCUT2D eigenvalue weighted by Crippen LogP contribution is -2.23. The number of aromatic amines is 1. The van der Waals surface area contributed by atoms with Crippen LogP contribution in [0.1, 0.15) is 46.5 Å². The van der Waals surface area contributed by atoms with Crippen molar-refractivity contribution in [3.8, 4) is 0 Å². The second kappa shape index (κ2) is 6.39. The second-order valence-corrected chi connectivity index (χ2v) is 6.26. The van der Waals surface area contributed by atoms with Crippen LogP contribution >= 0.6 is 11.6 Å². The van der Waals surface area contributed by atoms with Crippen molar-refractivity contribution in [3.05, 3.63) is 11.6 Å². The Morgan fingerprint density at radius 3 is 2.85 bits per heavy atom. The molecule has 0 saturated carbocycles. The van der Waals surface area contributed by atoms with Gasteiger partial charge in [0.25, 0.3) is 0 Å². The Bertz CT molecular complexity index is 564. The maximum absolute atomic E-state index is 5.92. The van der Waals surface area contributed by atoms with E-state index in [-0.39, 0.29) is 10.7 Å². The summed E-state index contributed by atoms with van der Waals surface area (Å²) in [6.07, 6.45) is 6.59. The normalized spacial score (nSPS) is 12.0. The number of nitrogens with one attached hydrogen (secondary N) is 2. The van der Waals surface area contributed by atoms with Crippen LogP contribution in [0.25, 0.3) is 11.2 Å². The quantitative estimate of drug-likeness (QED) is 0.598. The molecule has 2 aromatic heterocycles. The molecule has 0 aromatic carbocycles. The highest BCUT2D eigenvalue weighted by atomic mass is 35.5. The lowest BCUT2D eigenvalue weighted by atomic mass is 9.87. The molecule has 0 aliphatic rings. The molecule has 0 amide bonds. The minimum absolute atomic E-state index is 0.218. The molecule has 0 atom stereocenters. The average Bonchev–Trinajstić information content (AvgIpc) is 2.84. The van der Waals surface area contributed by atoms with E-state index in [1.54, 1.807) is 6.33 Å². The molecule has 2 rings (SSSR count). The van der Waals surface area contributed by atoms with Crippen LogP contribution in [0, 0.1) is 5.41 Å². The zero-order chi connectivity index (χ0) is 14.6. The maximum atomic E-state index is 5.92. The first-order valence-electron chi connectivity index (χ1n) is 7.12. The number of hydrogen-bond donors (Lipinski definition) is 2. The highest BCUT2D eigenvalue weighted by molar-refractivity contribution is 6.28. The number of nitrogens with zero attached hydrogens (tertiary/aromatic N) is 3. The minimum atomic E-state index is 0.218. The molecule has 2 N–H and O–H groups in total. The summed E-state index contributed by atoms with van der Waals surface area (Å²) >= 11 is 5.92. The largest absolute Gasteiger partial charge is 0.368 e. The topological polar surface area (TPSA) is 66.5 Å². The number of fused-ring (bicyclic) bond motifs is 1. The summed E-state index contributed by atoms with van der Waals surface area (Å²) in [6.45, 7) is 7.60. The van der Waals surface area contributed by atoms with Gasteiger partial charge in [-0.25, -0.2) is 4.98 Å². The maximum Gasteiger partial charge on any atom is 0.226 e. The molecule has 0 radical (unpaired) electrons. The van der Waals surface area contributed by atoms with E-state index in [1.165, 1.54) is 25.7 Å². The number of unbranched alkanes of at least 4 members (excludes halogenated alkanes) is 2. The van der Waals surface area contributed by atoms with Crippen molar-refractivity contribution in [1.82, 2.24) is 19.9 Å². The van der Waals surface area contributed by atoms with Crippen LogP contribution in [-0.2, 0) is 0 Å². The van der Waals surface area contributed by atoms with Crippen molar-refractivity contribution in [2.75, 3.05) is 11.9 Å². The van der Waals surface area contributed by atoms with Gasteiger partial charge in [0, 0.05) is 6.54 Å². The predicted molar refractivity (Wildman–Crippen MR) is 83.1 cm³/mol. The van der Waals surface area contributed by atoms with Gasteiger partial charge in [-0.05, 0) is 23.4 Å². The Kier molecular flexibility index (Phi) is 4.81. The lowest BCUT2D eigenvalue weighted by Gasteiger charge is -2.25. The Morgan fingerprint density at radius 2 is 2.10 bits per heavy atom. The van der Waals surface area contributed by atoms with Gasteiger partial charge in [-0.1, -0.05) is 40.0 Å². The molecule has 0 aliphatic heterocycles. The smallest absolute Gasteiger partial charge is 0.226 e. The van der Waals surface area contributed by atoms with Crippen LogP contribution in [0.4, 0.5) is 5.82 Å². The van der Waals surface area contributed by atoms with Crippen LogP contribution in [0.5, 0.6) is 0 Å². The molecule has 110 valence electrons. The summed E-state index contributed by atoms with van der Waals surface area (Å²) in [5.41, 5.74) is 1.62. The Hall–Kier alpha value is -1.36. The standard InChI is InChI=1S/C14H22ClN5/c1-4-5-6-7-14(2,3)8-16-11-10-12(18-9-17-10)20-13(15)19-11/h9H,4-8H2,1-3H3,(H2,16,17,18,19,20). The third-order valence-corrected chi connectivity index (χ3v) is 3.62. The molecule has 2 heterocycles. The zero-order valence-electron chi connectivity index (χ0n) is 12.3. The van der Waals surface area contributed by atoms with E-state index in [0.29, 0.717) is 5.65 Å². The number of H-pyrrole nitrogens is 1. The summed E-state index contributed by atoms with van der Waals surface area (Å²) in [5.74, 6) is 0.723. The van der Waals surface area contributed by atoms with Gasteiger partial charge in [-0.3, -0.25) is 0 Å². The molecule has 0 spiro atoms. The van der Waals surface area contributed by atoms with Crippen molar-refractivity contribution in [2.24, 2.45) is 5.41 Å². The fraction of sp³-hybridized carbons (Fsp3) is 0.643. The Balaban J connectivity index is 2.03. The van der Waals surface area contributed by atoms with E-state index in [0.717, 1.165) is 17.9 Å². The molecule has 0 unspecified atom stereocenters. The summed E-state index contributed by atoms with van der Waals surface area (Å²) in [5, 5.41) is 3.59. The molecule has 20 heavy (non-hydrogen) atoms. The van der Waals surface area contributed by atoms with Gasteiger partial charge in [0.2, 0.25) is 5.28 Å². The Labute approximate surface area is 124 Å². The molecule has 2 aromatic rings. The highest BCUT2D eigenvalue weighted by Gasteiger charge is 2.18. The summed E-state index contributed by atoms with van der Waals surface area (Å²) in [4.78, 5) is 15.5. The number of halogens is 1. The van der Waals surface area contributed by atoms with E-state index in [4.69, 9.17) is 11.6 Å². The van der Waals surface area contributed by atoms with Gasteiger partial charge >= 0.3 is 0 Å². The molecular formula is C14H22ClN5. The van der Waals surface area contributed by atoms with Gasteiger partial charge in [-0.2, -0.15) is 9.97 Å². The number of imidazole rings is 1. The van der Waals surface area contributed by atoms with Gasteiger partial charge in [0.15, 0.2) is 11.5 Å². The number of anilines is 1. The van der Waals surface area contributed by atoms with Crippen molar-refractivity contribution in [3.63, 3.8) is 0 Å². The summed E-state index contributed by atoms with van der Waals surface area (Å²) in [7, 11) is 0. The monoisotopic (exact) mass is 295 g/mol. The van der Waals surface area contributed by atoms with E-state index < -0.39 is 0 Å². The van der Waals surface area contributed by atoms with Crippen molar-refractivity contribution in [1.29, 1.82) is 0 Å². The molecule has 0 aliphatic carbocycles. The minimum Gasteiger partial charge on any atom is -0.368 e. The third-order valence-electron chi connectivity index (χ3n) is 3.45. The first-order valence-corrected chi connectivity index (χ1v) is 7.50. The highest BCUT2D eigenvalue weighted by Crippen LogP contribution is 2.26. The zero-order valence-corrected chi connectivity index (χ0v) is 13.1. The van der Waals surface area contributed by atoms with Gasteiger partial charge < -0.3 is 10.3 Å². The first kappa shape index (κ1) is 15.0. The van der Waals surface area contributed by atoms with Crippen LogP contribution in [0.3, 0.4) is 0 Å².